The van der Waals surface area contributed by atoms with Crippen molar-refractivity contribution in [3.8, 4) is 11.8 Å². The van der Waals surface area contributed by atoms with Gasteiger partial charge in [0, 0.05) is 30.3 Å². The lowest BCUT2D eigenvalue weighted by Crippen LogP contribution is -2.03. The maximum Gasteiger partial charge on any atom is 0.133 e. The highest BCUT2D eigenvalue weighted by Crippen LogP contribution is 2.23. The van der Waals surface area contributed by atoms with Crippen LogP contribution in [0.3, 0.4) is 0 Å². The molecule has 126 valence electrons. The largest absolute Gasteiger partial charge is 0.493 e. The van der Waals surface area contributed by atoms with Gasteiger partial charge in [0.15, 0.2) is 0 Å². The third kappa shape index (κ3) is 4.90. The van der Waals surface area contributed by atoms with Crippen LogP contribution in [0.2, 0.25) is 0 Å². The molecule has 5 heteroatoms. The molecule has 1 aromatic carbocycles. The van der Waals surface area contributed by atoms with E-state index < -0.39 is 0 Å². The Morgan fingerprint density at radius 3 is 2.79 bits per heavy atom. The van der Waals surface area contributed by atoms with Crippen LogP contribution in [0.4, 0.5) is 0 Å². The summed E-state index contributed by atoms with van der Waals surface area (Å²) >= 11 is 1.50. The Bertz CT molecular complexity index is 758. The number of hydrogen-bond acceptors (Lipinski definition) is 5. The summed E-state index contributed by atoms with van der Waals surface area (Å²) in [5.74, 6) is 0.593. The summed E-state index contributed by atoms with van der Waals surface area (Å²) in [5, 5.41) is 12.0. The number of rotatable bonds is 7. The lowest BCUT2D eigenvalue weighted by atomic mass is 10.1. The van der Waals surface area contributed by atoms with Gasteiger partial charge >= 0.3 is 0 Å². The molecule has 0 saturated heterocycles. The van der Waals surface area contributed by atoms with E-state index >= 15 is 0 Å². The summed E-state index contributed by atoms with van der Waals surface area (Å²) in [7, 11) is 0. The van der Waals surface area contributed by atoms with Gasteiger partial charge in [-0.2, -0.15) is 5.26 Å². The van der Waals surface area contributed by atoms with Crippen LogP contribution in [0.5, 0.6) is 5.75 Å². The van der Waals surface area contributed by atoms with E-state index in [9.17, 15) is 5.26 Å². The van der Waals surface area contributed by atoms with Crippen molar-refractivity contribution in [3.05, 3.63) is 44.9 Å². The van der Waals surface area contributed by atoms with Crippen LogP contribution in [0, 0.1) is 39.0 Å². The van der Waals surface area contributed by atoms with E-state index in [1.54, 1.807) is 6.21 Å². The number of benzene rings is 1. The monoisotopic (exact) mass is 341 g/mol. The minimum Gasteiger partial charge on any atom is -0.493 e. The SMILES string of the molecule is Cc1cc(C)c(C)c(OCCCN=CC(C#N)c2nc(C)cs2)c1. The number of aryl methyl sites for hydroxylation is 3. The van der Waals surface area contributed by atoms with Crippen molar-refractivity contribution in [1.82, 2.24) is 4.98 Å². The molecule has 0 N–H and O–H groups in total. The molecule has 0 saturated carbocycles. The van der Waals surface area contributed by atoms with E-state index in [1.807, 2.05) is 12.3 Å². The van der Waals surface area contributed by atoms with E-state index in [0.29, 0.717) is 13.2 Å². The van der Waals surface area contributed by atoms with Gasteiger partial charge in [0.25, 0.3) is 0 Å². The quantitative estimate of drug-likeness (QED) is 0.549. The number of hydrogen-bond donors (Lipinski definition) is 0. The zero-order chi connectivity index (χ0) is 17.5. The number of nitrogens with zero attached hydrogens (tertiary/aromatic N) is 3. The second-order valence-corrected chi connectivity index (χ2v) is 6.79. The van der Waals surface area contributed by atoms with Crippen LogP contribution in [0.1, 0.15) is 39.7 Å². The Morgan fingerprint density at radius 2 is 2.12 bits per heavy atom. The smallest absolute Gasteiger partial charge is 0.133 e. The normalized spacial score (nSPS) is 12.3. The highest BCUT2D eigenvalue weighted by Gasteiger charge is 2.11. The third-order valence-corrected chi connectivity index (χ3v) is 4.80. The van der Waals surface area contributed by atoms with Crippen LogP contribution in [0.25, 0.3) is 0 Å². The molecule has 1 heterocycles. The molecule has 0 aliphatic rings. The summed E-state index contributed by atoms with van der Waals surface area (Å²) in [6.45, 7) is 9.45. The van der Waals surface area contributed by atoms with E-state index in [2.05, 4.69) is 48.9 Å². The van der Waals surface area contributed by atoms with Crippen LogP contribution in [0.15, 0.2) is 22.5 Å². The maximum absolute atomic E-state index is 9.22. The summed E-state index contributed by atoms with van der Waals surface area (Å²) < 4.78 is 5.87. The molecule has 0 radical (unpaired) electrons. The number of nitriles is 1. The van der Waals surface area contributed by atoms with Gasteiger partial charge < -0.3 is 4.74 Å². The average molecular weight is 341 g/mol. The second kappa shape index (κ2) is 8.60. The number of thiazole rings is 1. The first kappa shape index (κ1) is 18.2. The minimum absolute atomic E-state index is 0.355. The van der Waals surface area contributed by atoms with Gasteiger partial charge in [-0.3, -0.25) is 4.99 Å². The molecule has 0 aliphatic carbocycles. The van der Waals surface area contributed by atoms with Crippen molar-refractivity contribution < 1.29 is 4.74 Å². The molecule has 0 aliphatic heterocycles. The molecule has 4 nitrogen and oxygen atoms in total. The zero-order valence-corrected chi connectivity index (χ0v) is 15.5. The average Bonchev–Trinajstić information content (AvgIpc) is 2.97. The van der Waals surface area contributed by atoms with Crippen molar-refractivity contribution in [1.29, 1.82) is 5.26 Å². The van der Waals surface area contributed by atoms with Gasteiger partial charge in [0.2, 0.25) is 0 Å². The first-order valence-corrected chi connectivity index (χ1v) is 8.91. The van der Waals surface area contributed by atoms with Crippen LogP contribution in [-0.4, -0.2) is 24.4 Å². The summed E-state index contributed by atoms with van der Waals surface area (Å²) in [6.07, 6.45) is 2.51. The van der Waals surface area contributed by atoms with Gasteiger partial charge in [-0.15, -0.1) is 11.3 Å². The molecule has 2 rings (SSSR count). The van der Waals surface area contributed by atoms with Gasteiger partial charge in [0.1, 0.15) is 16.7 Å². The molecule has 1 aromatic heterocycles. The third-order valence-electron chi connectivity index (χ3n) is 3.75. The van der Waals surface area contributed by atoms with Crippen molar-refractivity contribution in [3.63, 3.8) is 0 Å². The molecule has 1 unspecified atom stereocenters. The minimum atomic E-state index is -0.355. The van der Waals surface area contributed by atoms with Gasteiger partial charge in [-0.05, 0) is 50.5 Å². The van der Waals surface area contributed by atoms with Crippen molar-refractivity contribution >= 4 is 17.6 Å². The fourth-order valence-electron chi connectivity index (χ4n) is 2.34. The Morgan fingerprint density at radius 1 is 1.33 bits per heavy atom. The lowest BCUT2D eigenvalue weighted by molar-refractivity contribution is 0.311. The topological polar surface area (TPSA) is 58.3 Å². The first-order valence-electron chi connectivity index (χ1n) is 8.03. The van der Waals surface area contributed by atoms with Crippen LogP contribution < -0.4 is 4.74 Å². The molecule has 0 spiro atoms. The highest BCUT2D eigenvalue weighted by molar-refractivity contribution is 7.09. The predicted octanol–water partition coefficient (Wildman–Crippen LogP) is 4.52. The molecule has 0 fully saturated rings. The van der Waals surface area contributed by atoms with E-state index in [4.69, 9.17) is 4.74 Å². The second-order valence-electron chi connectivity index (χ2n) is 5.90. The van der Waals surface area contributed by atoms with E-state index in [-0.39, 0.29) is 5.92 Å². The van der Waals surface area contributed by atoms with Gasteiger partial charge in [0.05, 0.1) is 12.7 Å². The molecule has 2 aromatic rings. The molecule has 0 bridgehead atoms. The molecular formula is C19H23N3OS. The highest BCUT2D eigenvalue weighted by atomic mass is 32.1. The van der Waals surface area contributed by atoms with Gasteiger partial charge in [-0.1, -0.05) is 6.07 Å². The fourth-order valence-corrected chi connectivity index (χ4v) is 3.14. The predicted molar refractivity (Wildman–Crippen MR) is 99.3 cm³/mol. The maximum atomic E-state index is 9.22. The standard InChI is InChI=1S/C19H23N3OS/c1-13-8-14(2)16(4)18(9-13)23-7-5-6-21-11-17(10-20)19-22-15(3)12-24-19/h8-9,11-12,17H,5-7H2,1-4H3. The van der Waals surface area contributed by atoms with Gasteiger partial charge in [-0.25, -0.2) is 4.98 Å². The molecule has 1 atom stereocenters. The summed E-state index contributed by atoms with van der Waals surface area (Å²) in [5.41, 5.74) is 4.59. The van der Waals surface area contributed by atoms with Crippen LogP contribution in [-0.2, 0) is 0 Å². The molecule has 24 heavy (non-hydrogen) atoms. The molecular weight excluding hydrogens is 318 g/mol. The number of aromatic nitrogens is 1. The lowest BCUT2D eigenvalue weighted by Gasteiger charge is -2.11. The Labute approximate surface area is 147 Å². The van der Waals surface area contributed by atoms with Crippen molar-refractivity contribution in [2.24, 2.45) is 4.99 Å². The summed E-state index contributed by atoms with van der Waals surface area (Å²) in [6, 6.07) is 6.47. The number of ether oxygens (including phenoxy) is 1. The van der Waals surface area contributed by atoms with Crippen LogP contribution >= 0.6 is 11.3 Å². The Kier molecular flexibility index (Phi) is 6.51. The van der Waals surface area contributed by atoms with Crippen molar-refractivity contribution in [2.45, 2.75) is 40.0 Å². The molecule has 0 amide bonds. The zero-order valence-electron chi connectivity index (χ0n) is 14.7. The van der Waals surface area contributed by atoms with Crippen molar-refractivity contribution in [2.75, 3.05) is 13.2 Å². The number of aliphatic imine (C=N–C) groups is 1. The fraction of sp³-hybridized carbons (Fsp3) is 0.421. The van der Waals surface area contributed by atoms with E-state index in [1.165, 1.54) is 28.0 Å². The summed E-state index contributed by atoms with van der Waals surface area (Å²) in [4.78, 5) is 8.70. The Balaban J connectivity index is 1.80. The first-order chi connectivity index (χ1) is 11.5. The Hall–Kier alpha value is -2.19. The van der Waals surface area contributed by atoms with E-state index in [0.717, 1.165) is 22.9 Å².